The van der Waals surface area contributed by atoms with Crippen LogP contribution in [0.15, 0.2) is 42.0 Å². The van der Waals surface area contributed by atoms with Gasteiger partial charge in [-0.15, -0.1) is 0 Å². The Labute approximate surface area is 120 Å². The number of amides is 1. The highest BCUT2D eigenvalue weighted by Crippen LogP contribution is 2.19. The third-order valence-electron chi connectivity index (χ3n) is 3.45. The van der Waals surface area contributed by atoms with E-state index in [0.29, 0.717) is 6.42 Å². The van der Waals surface area contributed by atoms with E-state index in [1.54, 1.807) is 0 Å². The summed E-state index contributed by atoms with van der Waals surface area (Å²) in [5.41, 5.74) is 2.63. The average Bonchev–Trinajstić information content (AvgIpc) is 2.93. The van der Waals surface area contributed by atoms with Crippen LogP contribution in [0.3, 0.4) is 0 Å². The molecule has 0 saturated heterocycles. The van der Waals surface area contributed by atoms with E-state index in [1.165, 1.54) is 24.8 Å². The Hall–Kier alpha value is -1.22. The number of allylic oxidation sites excluding steroid dienone is 1. The molecule has 0 aliphatic heterocycles. The predicted octanol–water partition coefficient (Wildman–Crippen LogP) is 3.14. The Kier molecular flexibility index (Phi) is 5.52. The van der Waals surface area contributed by atoms with Crippen LogP contribution in [-0.4, -0.2) is 17.7 Å². The molecular weight excluding hydrogens is 254 g/mol. The first-order valence-electron chi connectivity index (χ1n) is 6.93. The highest BCUT2D eigenvalue weighted by atomic mass is 32.1. The van der Waals surface area contributed by atoms with Gasteiger partial charge in [0.05, 0.1) is 5.25 Å². The lowest BCUT2D eigenvalue weighted by molar-refractivity contribution is -0.120. The molecule has 1 amide bonds. The Morgan fingerprint density at radius 2 is 2.11 bits per heavy atom. The average molecular weight is 275 g/mol. The van der Waals surface area contributed by atoms with Crippen LogP contribution < -0.4 is 5.32 Å². The van der Waals surface area contributed by atoms with Crippen LogP contribution in [0.1, 0.15) is 31.2 Å². The lowest BCUT2D eigenvalue weighted by Gasteiger charge is -2.12. The summed E-state index contributed by atoms with van der Waals surface area (Å²) in [6.07, 6.45) is 7.63. The summed E-state index contributed by atoms with van der Waals surface area (Å²) < 4.78 is 0. The van der Waals surface area contributed by atoms with Crippen molar-refractivity contribution in [2.45, 2.75) is 37.4 Å². The van der Waals surface area contributed by atoms with Gasteiger partial charge in [0.1, 0.15) is 0 Å². The lowest BCUT2D eigenvalue weighted by Crippen LogP contribution is -2.33. The number of hydrogen-bond donors (Lipinski definition) is 2. The molecule has 1 aromatic carbocycles. The largest absolute Gasteiger partial charge is 0.355 e. The molecule has 0 radical (unpaired) electrons. The maximum Gasteiger partial charge on any atom is 0.233 e. The second kappa shape index (κ2) is 7.39. The number of thiol groups is 1. The summed E-state index contributed by atoms with van der Waals surface area (Å²) in [6, 6.07) is 10.0. The Bertz CT molecular complexity index is 441. The molecule has 1 unspecified atom stereocenters. The lowest BCUT2D eigenvalue weighted by atomic mass is 10.1. The second-order valence-electron chi connectivity index (χ2n) is 5.00. The fourth-order valence-corrected chi connectivity index (χ4v) is 2.66. The molecule has 2 nitrogen and oxygen atoms in total. The van der Waals surface area contributed by atoms with Crippen molar-refractivity contribution in [2.24, 2.45) is 0 Å². The van der Waals surface area contributed by atoms with E-state index in [0.717, 1.165) is 18.5 Å². The molecule has 1 N–H and O–H groups in total. The maximum absolute atomic E-state index is 11.9. The minimum absolute atomic E-state index is 0.0331. The van der Waals surface area contributed by atoms with Gasteiger partial charge in [0.15, 0.2) is 0 Å². The Morgan fingerprint density at radius 3 is 2.79 bits per heavy atom. The molecule has 0 saturated carbocycles. The quantitative estimate of drug-likeness (QED) is 0.606. The monoisotopic (exact) mass is 275 g/mol. The van der Waals surface area contributed by atoms with Gasteiger partial charge in [0.25, 0.3) is 0 Å². The highest BCUT2D eigenvalue weighted by molar-refractivity contribution is 7.81. The molecule has 0 fully saturated rings. The van der Waals surface area contributed by atoms with E-state index in [4.69, 9.17) is 0 Å². The van der Waals surface area contributed by atoms with Gasteiger partial charge < -0.3 is 5.32 Å². The van der Waals surface area contributed by atoms with Gasteiger partial charge in [0.2, 0.25) is 5.91 Å². The minimum atomic E-state index is -0.264. The first-order valence-corrected chi connectivity index (χ1v) is 7.45. The molecule has 0 aromatic heterocycles. The molecule has 1 aliphatic carbocycles. The minimum Gasteiger partial charge on any atom is -0.355 e. The van der Waals surface area contributed by atoms with Gasteiger partial charge in [-0.2, -0.15) is 12.6 Å². The summed E-state index contributed by atoms with van der Waals surface area (Å²) in [4.78, 5) is 11.9. The van der Waals surface area contributed by atoms with Gasteiger partial charge in [-0.05, 0) is 37.7 Å². The number of rotatable bonds is 6. The second-order valence-corrected chi connectivity index (χ2v) is 5.62. The summed E-state index contributed by atoms with van der Waals surface area (Å²) in [7, 11) is 0. The molecular formula is C16H21NOS. The van der Waals surface area contributed by atoms with Gasteiger partial charge >= 0.3 is 0 Å². The predicted molar refractivity (Wildman–Crippen MR) is 82.5 cm³/mol. The number of hydrogen-bond acceptors (Lipinski definition) is 2. The van der Waals surface area contributed by atoms with Crippen molar-refractivity contribution in [1.82, 2.24) is 5.32 Å². The molecule has 1 aromatic rings. The Balaban J connectivity index is 1.70. The summed E-state index contributed by atoms with van der Waals surface area (Å²) in [5.74, 6) is 0.0331. The summed E-state index contributed by atoms with van der Waals surface area (Å²) in [6.45, 7) is 0.733. The SMILES string of the molecule is O=C(NCCC1=CCCC1)C(S)Cc1ccccc1. The first-order chi connectivity index (χ1) is 9.25. The van der Waals surface area contributed by atoms with Crippen LogP contribution in [0.4, 0.5) is 0 Å². The van der Waals surface area contributed by atoms with Gasteiger partial charge in [-0.1, -0.05) is 42.0 Å². The maximum atomic E-state index is 11.9. The topological polar surface area (TPSA) is 29.1 Å². The van der Waals surface area contributed by atoms with Crippen molar-refractivity contribution in [2.75, 3.05) is 6.54 Å². The third-order valence-corrected chi connectivity index (χ3v) is 3.87. The fraction of sp³-hybridized carbons (Fsp3) is 0.438. The van der Waals surface area contributed by atoms with Gasteiger partial charge in [-0.25, -0.2) is 0 Å². The van der Waals surface area contributed by atoms with Crippen LogP contribution in [0.5, 0.6) is 0 Å². The number of benzene rings is 1. The van der Waals surface area contributed by atoms with E-state index in [-0.39, 0.29) is 11.2 Å². The molecule has 2 rings (SSSR count). The van der Waals surface area contributed by atoms with Crippen LogP contribution in [0.2, 0.25) is 0 Å². The third kappa shape index (κ3) is 4.75. The first kappa shape index (κ1) is 14.2. The van der Waals surface area contributed by atoms with E-state index < -0.39 is 0 Å². The van der Waals surface area contributed by atoms with Crippen molar-refractivity contribution in [3.05, 3.63) is 47.5 Å². The van der Waals surface area contributed by atoms with E-state index in [2.05, 4.69) is 24.0 Å². The Morgan fingerprint density at radius 1 is 1.32 bits per heavy atom. The van der Waals surface area contributed by atoms with Crippen molar-refractivity contribution in [3.8, 4) is 0 Å². The van der Waals surface area contributed by atoms with Crippen LogP contribution in [0, 0.1) is 0 Å². The van der Waals surface area contributed by atoms with Gasteiger partial charge in [-0.3, -0.25) is 4.79 Å². The van der Waals surface area contributed by atoms with E-state index in [9.17, 15) is 4.79 Å². The normalized spacial score (nSPS) is 15.9. The molecule has 0 bridgehead atoms. The van der Waals surface area contributed by atoms with Crippen LogP contribution in [-0.2, 0) is 11.2 Å². The molecule has 102 valence electrons. The zero-order valence-corrected chi connectivity index (χ0v) is 12.0. The molecule has 1 atom stereocenters. The smallest absolute Gasteiger partial charge is 0.233 e. The molecule has 0 heterocycles. The number of nitrogens with one attached hydrogen (secondary N) is 1. The van der Waals surface area contributed by atoms with E-state index >= 15 is 0 Å². The van der Waals surface area contributed by atoms with Crippen LogP contribution in [0.25, 0.3) is 0 Å². The standard InChI is InChI=1S/C16H21NOS/c18-16(17-11-10-13-6-4-5-7-13)15(19)12-14-8-2-1-3-9-14/h1-3,6,8-9,15,19H,4-5,7,10-12H2,(H,17,18). The zero-order valence-electron chi connectivity index (χ0n) is 11.1. The van der Waals surface area contributed by atoms with Crippen LogP contribution >= 0.6 is 12.6 Å². The van der Waals surface area contributed by atoms with Crippen molar-refractivity contribution >= 4 is 18.5 Å². The highest BCUT2D eigenvalue weighted by Gasteiger charge is 2.14. The van der Waals surface area contributed by atoms with Gasteiger partial charge in [0, 0.05) is 6.54 Å². The molecule has 1 aliphatic rings. The van der Waals surface area contributed by atoms with Crippen molar-refractivity contribution in [1.29, 1.82) is 0 Å². The fourth-order valence-electron chi connectivity index (χ4n) is 2.36. The summed E-state index contributed by atoms with van der Waals surface area (Å²) >= 11 is 4.39. The molecule has 3 heteroatoms. The number of carbonyl (C=O) groups is 1. The zero-order chi connectivity index (χ0) is 13.5. The number of carbonyl (C=O) groups excluding carboxylic acids is 1. The van der Waals surface area contributed by atoms with Crippen molar-refractivity contribution in [3.63, 3.8) is 0 Å². The summed E-state index contributed by atoms with van der Waals surface area (Å²) in [5, 5.41) is 2.71. The van der Waals surface area contributed by atoms with Crippen molar-refractivity contribution < 1.29 is 4.79 Å². The molecule has 19 heavy (non-hydrogen) atoms. The van der Waals surface area contributed by atoms with E-state index in [1.807, 2.05) is 30.3 Å². The molecule has 0 spiro atoms.